The molecule has 0 rings (SSSR count). The summed E-state index contributed by atoms with van der Waals surface area (Å²) in [5.74, 6) is 0.669. The largest absolute Gasteiger partial charge is 0.402 e. The molecule has 0 aromatic carbocycles. The first kappa shape index (κ1) is 12.2. The summed E-state index contributed by atoms with van der Waals surface area (Å²) in [7, 11) is 0. The maximum Gasteiger partial charge on any atom is 0.132 e. The van der Waals surface area contributed by atoms with Gasteiger partial charge in [-0.05, 0) is 25.2 Å². The number of hydrogen-bond donors (Lipinski definition) is 1. The third-order valence-electron chi connectivity index (χ3n) is 2.32. The van der Waals surface area contributed by atoms with Gasteiger partial charge < -0.3 is 5.73 Å². The summed E-state index contributed by atoms with van der Waals surface area (Å²) in [4.78, 5) is 11.2. The number of Topliss-reactive ketones (excluding diaryl/α,β-unsaturated/α-hetero) is 1. The van der Waals surface area contributed by atoms with Gasteiger partial charge in [-0.25, -0.2) is 0 Å². The summed E-state index contributed by atoms with van der Waals surface area (Å²) in [6.07, 6.45) is 4.15. The van der Waals surface area contributed by atoms with E-state index >= 15 is 0 Å². The van der Waals surface area contributed by atoms with Gasteiger partial charge in [-0.15, -0.1) is 0 Å². The number of ketones is 1. The van der Waals surface area contributed by atoms with Crippen LogP contribution in [-0.4, -0.2) is 5.78 Å². The Bertz CT molecular complexity index is 175. The van der Waals surface area contributed by atoms with E-state index < -0.39 is 0 Å². The van der Waals surface area contributed by atoms with E-state index in [9.17, 15) is 4.79 Å². The topological polar surface area (TPSA) is 43.1 Å². The molecule has 0 fully saturated rings. The molecular weight excluding hydrogens is 162 g/mol. The highest BCUT2D eigenvalue weighted by atomic mass is 16.1. The van der Waals surface area contributed by atoms with Crippen molar-refractivity contribution in [2.75, 3.05) is 0 Å². The van der Waals surface area contributed by atoms with E-state index in [1.54, 1.807) is 0 Å². The zero-order valence-electron chi connectivity index (χ0n) is 8.81. The molecule has 2 N–H and O–H groups in total. The number of carbonyl (C=O) groups excluding carboxylic acids is 1. The second-order valence-electron chi connectivity index (χ2n) is 3.51. The number of carbonyl (C=O) groups is 1. The second kappa shape index (κ2) is 6.70. The molecule has 1 atom stereocenters. The van der Waals surface area contributed by atoms with Crippen LogP contribution in [0.15, 0.2) is 12.3 Å². The molecule has 76 valence electrons. The highest BCUT2D eigenvalue weighted by Gasteiger charge is 2.09. The molecule has 1 unspecified atom stereocenters. The normalized spacial score (nSPS) is 12.5. The van der Waals surface area contributed by atoms with Crippen molar-refractivity contribution in [2.24, 2.45) is 11.7 Å². The van der Waals surface area contributed by atoms with E-state index in [-0.39, 0.29) is 0 Å². The van der Waals surface area contributed by atoms with Crippen molar-refractivity contribution in [3.8, 4) is 0 Å². The van der Waals surface area contributed by atoms with Crippen molar-refractivity contribution >= 4 is 5.78 Å². The minimum absolute atomic E-state index is 0.320. The summed E-state index contributed by atoms with van der Waals surface area (Å²) < 4.78 is 0. The highest BCUT2D eigenvalue weighted by molar-refractivity contribution is 5.78. The molecule has 0 saturated heterocycles. The standard InChI is InChI=1S/C11H21NO/c1-4-6-11(13)8-7-10(5-2)9(3)12/h10H,3-8,12H2,1-2H3. The van der Waals surface area contributed by atoms with Gasteiger partial charge in [-0.3, -0.25) is 4.79 Å². The molecule has 0 saturated carbocycles. The van der Waals surface area contributed by atoms with Crippen LogP contribution in [0.5, 0.6) is 0 Å². The van der Waals surface area contributed by atoms with Crippen LogP contribution in [0.2, 0.25) is 0 Å². The molecule has 2 nitrogen and oxygen atoms in total. The first-order chi connectivity index (χ1) is 6.11. The van der Waals surface area contributed by atoms with Crippen LogP contribution in [0.25, 0.3) is 0 Å². The highest BCUT2D eigenvalue weighted by Crippen LogP contribution is 2.16. The van der Waals surface area contributed by atoms with E-state index in [1.165, 1.54) is 0 Å². The van der Waals surface area contributed by atoms with E-state index in [0.717, 1.165) is 19.3 Å². The average molecular weight is 183 g/mol. The maximum absolute atomic E-state index is 11.2. The van der Waals surface area contributed by atoms with E-state index in [0.29, 0.717) is 30.2 Å². The molecule has 0 aromatic rings. The average Bonchev–Trinajstić information content (AvgIpc) is 2.05. The molecule has 0 heterocycles. The Morgan fingerprint density at radius 2 is 2.00 bits per heavy atom. The Morgan fingerprint density at radius 3 is 2.38 bits per heavy atom. The number of nitrogens with two attached hydrogens (primary N) is 1. The lowest BCUT2D eigenvalue weighted by molar-refractivity contribution is -0.119. The maximum atomic E-state index is 11.2. The fraction of sp³-hybridized carbons (Fsp3) is 0.727. The van der Waals surface area contributed by atoms with Crippen LogP contribution in [0.3, 0.4) is 0 Å². The van der Waals surface area contributed by atoms with Gasteiger partial charge in [0.25, 0.3) is 0 Å². The molecule has 0 amide bonds. The fourth-order valence-corrected chi connectivity index (χ4v) is 1.39. The molecule has 0 aromatic heterocycles. The Hall–Kier alpha value is -0.790. The van der Waals surface area contributed by atoms with Crippen LogP contribution in [-0.2, 0) is 4.79 Å². The molecule has 13 heavy (non-hydrogen) atoms. The lowest BCUT2D eigenvalue weighted by Crippen LogP contribution is -2.11. The van der Waals surface area contributed by atoms with Crippen LogP contribution in [0.1, 0.15) is 46.0 Å². The number of rotatable bonds is 7. The molecule has 2 heteroatoms. The van der Waals surface area contributed by atoms with E-state index in [2.05, 4.69) is 13.5 Å². The van der Waals surface area contributed by atoms with Crippen molar-refractivity contribution in [3.63, 3.8) is 0 Å². The predicted octanol–water partition coefficient (Wildman–Crippen LogP) is 2.63. The van der Waals surface area contributed by atoms with Gasteiger partial charge in [-0.1, -0.05) is 20.4 Å². The van der Waals surface area contributed by atoms with Gasteiger partial charge >= 0.3 is 0 Å². The van der Waals surface area contributed by atoms with Gasteiger partial charge in [0.1, 0.15) is 5.78 Å². The zero-order valence-corrected chi connectivity index (χ0v) is 8.81. The lowest BCUT2D eigenvalue weighted by atomic mass is 9.95. The smallest absolute Gasteiger partial charge is 0.132 e. The summed E-state index contributed by atoms with van der Waals surface area (Å²) in [5.41, 5.74) is 6.32. The minimum Gasteiger partial charge on any atom is -0.402 e. The first-order valence-electron chi connectivity index (χ1n) is 5.07. The van der Waals surface area contributed by atoms with Crippen molar-refractivity contribution in [1.29, 1.82) is 0 Å². The van der Waals surface area contributed by atoms with E-state index in [4.69, 9.17) is 5.73 Å². The molecular formula is C11H21NO. The predicted molar refractivity (Wildman–Crippen MR) is 56.3 cm³/mol. The number of allylic oxidation sites excluding steroid dienone is 1. The molecule has 0 bridgehead atoms. The summed E-state index contributed by atoms with van der Waals surface area (Å²) in [6, 6.07) is 0. The Kier molecular flexibility index (Phi) is 6.29. The Balaban J connectivity index is 3.72. The Morgan fingerprint density at radius 1 is 1.38 bits per heavy atom. The zero-order chi connectivity index (χ0) is 10.3. The van der Waals surface area contributed by atoms with Crippen molar-refractivity contribution in [2.45, 2.75) is 46.0 Å². The molecule has 0 aliphatic heterocycles. The molecule has 0 aliphatic carbocycles. The van der Waals surface area contributed by atoms with Gasteiger partial charge in [0, 0.05) is 18.5 Å². The minimum atomic E-state index is 0.320. The molecule has 0 radical (unpaired) electrons. The van der Waals surface area contributed by atoms with Crippen LogP contribution in [0, 0.1) is 5.92 Å². The Labute approximate surface area is 81.2 Å². The van der Waals surface area contributed by atoms with Crippen LogP contribution in [0.4, 0.5) is 0 Å². The van der Waals surface area contributed by atoms with Gasteiger partial charge in [-0.2, -0.15) is 0 Å². The molecule has 0 spiro atoms. The molecule has 0 aliphatic rings. The summed E-state index contributed by atoms with van der Waals surface area (Å²) in [5, 5.41) is 0. The summed E-state index contributed by atoms with van der Waals surface area (Å²) in [6.45, 7) is 7.82. The monoisotopic (exact) mass is 183 g/mol. The van der Waals surface area contributed by atoms with Crippen LogP contribution < -0.4 is 5.73 Å². The van der Waals surface area contributed by atoms with Gasteiger partial charge in [0.15, 0.2) is 0 Å². The van der Waals surface area contributed by atoms with Crippen molar-refractivity contribution in [3.05, 3.63) is 12.3 Å². The van der Waals surface area contributed by atoms with Crippen molar-refractivity contribution in [1.82, 2.24) is 0 Å². The van der Waals surface area contributed by atoms with Gasteiger partial charge in [0.2, 0.25) is 0 Å². The number of hydrogen-bond acceptors (Lipinski definition) is 2. The second-order valence-corrected chi connectivity index (χ2v) is 3.51. The summed E-state index contributed by atoms with van der Waals surface area (Å²) >= 11 is 0. The van der Waals surface area contributed by atoms with E-state index in [1.807, 2.05) is 6.92 Å². The third kappa shape index (κ3) is 5.45. The van der Waals surface area contributed by atoms with Gasteiger partial charge in [0.05, 0.1) is 0 Å². The van der Waals surface area contributed by atoms with Crippen LogP contribution >= 0.6 is 0 Å². The first-order valence-corrected chi connectivity index (χ1v) is 5.07. The fourth-order valence-electron chi connectivity index (χ4n) is 1.39. The lowest BCUT2D eigenvalue weighted by Gasteiger charge is -2.13. The SMILES string of the molecule is C=C(N)C(CC)CCC(=O)CCC. The van der Waals surface area contributed by atoms with Crippen molar-refractivity contribution < 1.29 is 4.79 Å². The quantitative estimate of drug-likeness (QED) is 0.659. The third-order valence-corrected chi connectivity index (χ3v) is 2.32.